The Kier molecular flexibility index (Phi) is 8.10. The topological polar surface area (TPSA) is 80.1 Å². The molecule has 1 fully saturated rings. The highest BCUT2D eigenvalue weighted by Gasteiger charge is 2.25. The van der Waals surface area contributed by atoms with E-state index in [1.54, 1.807) is 18.3 Å². The molecule has 4 aromatic rings. The highest BCUT2D eigenvalue weighted by atomic mass is 16.2. The number of hydrogen-bond donors (Lipinski definition) is 1. The highest BCUT2D eigenvalue weighted by molar-refractivity contribution is 6.05. The number of aryl methyl sites for hydroxylation is 2. The van der Waals surface area contributed by atoms with Gasteiger partial charge < -0.3 is 10.2 Å². The van der Waals surface area contributed by atoms with Gasteiger partial charge in [0.25, 0.3) is 11.8 Å². The largest absolute Gasteiger partial charge is 0.339 e. The van der Waals surface area contributed by atoms with Crippen LogP contribution >= 0.6 is 0 Å². The predicted molar refractivity (Wildman–Crippen MR) is 158 cm³/mol. The van der Waals surface area contributed by atoms with Crippen molar-refractivity contribution >= 4 is 17.5 Å². The van der Waals surface area contributed by atoms with Crippen molar-refractivity contribution in [2.45, 2.75) is 46.0 Å². The van der Waals surface area contributed by atoms with Crippen LogP contribution in [0.2, 0.25) is 0 Å². The molecule has 206 valence electrons. The molecule has 1 aliphatic heterocycles. The Balaban J connectivity index is 1.19. The van der Waals surface area contributed by atoms with Crippen LogP contribution in [0.3, 0.4) is 0 Å². The monoisotopic (exact) mass is 535 g/mol. The summed E-state index contributed by atoms with van der Waals surface area (Å²) in [7, 11) is 1.92. The Morgan fingerprint density at radius 3 is 2.30 bits per heavy atom. The van der Waals surface area contributed by atoms with E-state index in [1.807, 2.05) is 54.1 Å². The van der Waals surface area contributed by atoms with Gasteiger partial charge in [0.2, 0.25) is 0 Å². The van der Waals surface area contributed by atoms with Gasteiger partial charge in [-0.1, -0.05) is 44.2 Å². The van der Waals surface area contributed by atoms with E-state index in [0.29, 0.717) is 41.7 Å². The van der Waals surface area contributed by atoms with E-state index in [1.165, 1.54) is 5.56 Å². The third kappa shape index (κ3) is 6.30. The molecule has 7 heteroatoms. The molecule has 1 saturated heterocycles. The van der Waals surface area contributed by atoms with E-state index >= 15 is 0 Å². The van der Waals surface area contributed by atoms with Crippen LogP contribution in [-0.4, -0.2) is 44.6 Å². The first-order valence-electron chi connectivity index (χ1n) is 14.0. The average molecular weight is 536 g/mol. The summed E-state index contributed by atoms with van der Waals surface area (Å²) in [4.78, 5) is 32.6. The summed E-state index contributed by atoms with van der Waals surface area (Å²) in [6.07, 6.45) is 8.24. The number of piperidine rings is 1. The number of aromatic nitrogens is 3. The van der Waals surface area contributed by atoms with Crippen molar-refractivity contribution in [3.8, 4) is 11.1 Å². The summed E-state index contributed by atoms with van der Waals surface area (Å²) in [5, 5.41) is 7.24. The number of nitrogens with one attached hydrogen (secondary N) is 1. The molecule has 40 heavy (non-hydrogen) atoms. The average Bonchev–Trinajstić information content (AvgIpc) is 3.40. The first kappa shape index (κ1) is 27.3. The number of pyridine rings is 1. The molecule has 2 amide bonds. The van der Waals surface area contributed by atoms with E-state index in [4.69, 9.17) is 0 Å². The molecule has 5 rings (SSSR count). The fourth-order valence-electron chi connectivity index (χ4n) is 5.30. The lowest BCUT2D eigenvalue weighted by molar-refractivity contribution is 0.0712. The fraction of sp³-hybridized carbons (Fsp3) is 0.333. The second-order valence-corrected chi connectivity index (χ2v) is 11.2. The molecule has 2 aromatic carbocycles. The summed E-state index contributed by atoms with van der Waals surface area (Å²) in [5.74, 6) is 0.706. The molecule has 0 radical (unpaired) electrons. The van der Waals surface area contributed by atoms with Gasteiger partial charge in [-0.05, 0) is 79.0 Å². The number of carbonyl (C=O) groups excluding carboxylic acids is 2. The number of anilines is 1. The summed E-state index contributed by atoms with van der Waals surface area (Å²) >= 11 is 0. The maximum Gasteiger partial charge on any atom is 0.257 e. The molecule has 1 N–H and O–H groups in total. The number of hydrogen-bond acceptors (Lipinski definition) is 4. The molecule has 0 unspecified atom stereocenters. The Bertz CT molecular complexity index is 1480. The molecule has 2 aromatic heterocycles. The summed E-state index contributed by atoms with van der Waals surface area (Å²) < 4.78 is 1.81. The van der Waals surface area contributed by atoms with Crippen LogP contribution in [0, 0.1) is 12.8 Å². The first-order chi connectivity index (χ1) is 19.3. The minimum atomic E-state index is -0.230. The number of rotatable bonds is 7. The number of likely N-dealkylation sites (tertiary alicyclic amines) is 1. The number of carbonyl (C=O) groups is 2. The Hall–Kier alpha value is -4.26. The molecule has 7 nitrogen and oxygen atoms in total. The lowest BCUT2D eigenvalue weighted by atomic mass is 9.88. The molecule has 0 saturated carbocycles. The standard InChI is InChI=1S/C33H37N5O2/c1-22(2)17-30-12-11-28(19-34-30)32(39)36-31-18-27(6-5-23(31)3)33(40)38-15-13-26(14-16-38)24-7-9-25(10-8-24)29-20-35-37(4)21-29/h5-12,18-22,26H,13-17H2,1-4H3,(H,36,39). The van der Waals surface area contributed by atoms with E-state index < -0.39 is 0 Å². The summed E-state index contributed by atoms with van der Waals surface area (Å²) in [5.41, 5.74) is 7.19. The van der Waals surface area contributed by atoms with Crippen LogP contribution in [0.1, 0.15) is 70.1 Å². The van der Waals surface area contributed by atoms with Gasteiger partial charge in [0.1, 0.15) is 0 Å². The van der Waals surface area contributed by atoms with Gasteiger partial charge in [-0.25, -0.2) is 0 Å². The quantitative estimate of drug-likeness (QED) is 0.303. The Morgan fingerprint density at radius 2 is 1.68 bits per heavy atom. The van der Waals surface area contributed by atoms with Crippen LogP contribution in [-0.2, 0) is 13.5 Å². The fourth-order valence-corrected chi connectivity index (χ4v) is 5.30. The van der Waals surface area contributed by atoms with Crippen molar-refractivity contribution in [2.75, 3.05) is 18.4 Å². The smallest absolute Gasteiger partial charge is 0.257 e. The maximum atomic E-state index is 13.4. The van der Waals surface area contributed by atoms with Crippen LogP contribution in [0.25, 0.3) is 11.1 Å². The van der Waals surface area contributed by atoms with Crippen LogP contribution < -0.4 is 5.32 Å². The summed E-state index contributed by atoms with van der Waals surface area (Å²) in [6, 6.07) is 18.0. The lowest BCUT2D eigenvalue weighted by Gasteiger charge is -2.32. The second-order valence-electron chi connectivity index (χ2n) is 11.2. The third-order valence-corrected chi connectivity index (χ3v) is 7.64. The Labute approximate surface area is 236 Å². The zero-order valence-electron chi connectivity index (χ0n) is 23.7. The minimum absolute atomic E-state index is 0.000537. The van der Waals surface area contributed by atoms with Crippen molar-refractivity contribution in [3.63, 3.8) is 0 Å². The highest BCUT2D eigenvalue weighted by Crippen LogP contribution is 2.31. The SMILES string of the molecule is Cc1ccc(C(=O)N2CCC(c3ccc(-c4cnn(C)c4)cc3)CC2)cc1NC(=O)c1ccc(CC(C)C)nc1. The molecule has 3 heterocycles. The van der Waals surface area contributed by atoms with Crippen molar-refractivity contribution in [1.82, 2.24) is 19.7 Å². The van der Waals surface area contributed by atoms with Gasteiger partial charge in [0.15, 0.2) is 0 Å². The lowest BCUT2D eigenvalue weighted by Crippen LogP contribution is -2.38. The number of amides is 2. The van der Waals surface area contributed by atoms with Crippen LogP contribution in [0.5, 0.6) is 0 Å². The van der Waals surface area contributed by atoms with Crippen molar-refractivity contribution in [3.05, 3.63) is 101 Å². The van der Waals surface area contributed by atoms with Gasteiger partial charge in [-0.3, -0.25) is 19.3 Å². The number of nitrogens with zero attached hydrogens (tertiary/aromatic N) is 4. The van der Waals surface area contributed by atoms with Gasteiger partial charge in [-0.15, -0.1) is 0 Å². The normalized spacial score (nSPS) is 14.0. The van der Waals surface area contributed by atoms with Crippen LogP contribution in [0.4, 0.5) is 5.69 Å². The zero-order valence-corrected chi connectivity index (χ0v) is 23.7. The van der Waals surface area contributed by atoms with Crippen LogP contribution in [0.15, 0.2) is 73.2 Å². The van der Waals surface area contributed by atoms with E-state index in [-0.39, 0.29) is 11.8 Å². The van der Waals surface area contributed by atoms with Gasteiger partial charge >= 0.3 is 0 Å². The van der Waals surface area contributed by atoms with E-state index in [9.17, 15) is 9.59 Å². The van der Waals surface area contributed by atoms with Crippen molar-refractivity contribution in [2.24, 2.45) is 13.0 Å². The first-order valence-corrected chi connectivity index (χ1v) is 14.0. The summed E-state index contributed by atoms with van der Waals surface area (Å²) in [6.45, 7) is 7.63. The van der Waals surface area contributed by atoms with Crippen molar-refractivity contribution < 1.29 is 9.59 Å². The van der Waals surface area contributed by atoms with Crippen molar-refractivity contribution in [1.29, 1.82) is 0 Å². The van der Waals surface area contributed by atoms with Gasteiger partial charge in [0.05, 0.1) is 11.8 Å². The number of benzene rings is 2. The maximum absolute atomic E-state index is 13.4. The molecular weight excluding hydrogens is 498 g/mol. The zero-order chi connectivity index (χ0) is 28.2. The molecule has 0 aliphatic carbocycles. The third-order valence-electron chi connectivity index (χ3n) is 7.64. The van der Waals surface area contributed by atoms with Gasteiger partial charge in [-0.2, -0.15) is 5.10 Å². The molecule has 0 spiro atoms. The van der Waals surface area contributed by atoms with E-state index in [0.717, 1.165) is 41.6 Å². The van der Waals surface area contributed by atoms with Gasteiger partial charge in [0, 0.05) is 55.0 Å². The molecule has 0 bridgehead atoms. The molecule has 1 aliphatic rings. The minimum Gasteiger partial charge on any atom is -0.339 e. The molecular formula is C33H37N5O2. The Morgan fingerprint density at radius 1 is 0.950 bits per heavy atom. The second kappa shape index (κ2) is 11.9. The molecule has 0 atom stereocenters. The predicted octanol–water partition coefficient (Wildman–Crippen LogP) is 6.26. The van der Waals surface area contributed by atoms with E-state index in [2.05, 4.69) is 53.5 Å².